The van der Waals surface area contributed by atoms with Gasteiger partial charge in [0, 0.05) is 76.6 Å². The van der Waals surface area contributed by atoms with Crippen molar-refractivity contribution in [1.82, 2.24) is 24.5 Å². The maximum atomic E-state index is 13.1. The van der Waals surface area contributed by atoms with Gasteiger partial charge >= 0.3 is 6.09 Å². The molecule has 0 bridgehead atoms. The Morgan fingerprint density at radius 2 is 1.51 bits per heavy atom. The molecule has 0 unspecified atom stereocenters. The zero-order chi connectivity index (χ0) is 39.0. The zero-order valence-electron chi connectivity index (χ0n) is 34.5. The predicted octanol–water partition coefficient (Wildman–Crippen LogP) is 9.78. The maximum absolute atomic E-state index is 13.1. The van der Waals surface area contributed by atoms with Gasteiger partial charge in [0.05, 0.1) is 11.9 Å². The predicted molar refractivity (Wildman–Crippen MR) is 223 cm³/mol. The van der Waals surface area contributed by atoms with Crippen LogP contribution in [0.1, 0.15) is 51.8 Å². The maximum Gasteiger partial charge on any atom is 0.410 e. The second kappa shape index (κ2) is 18.2. The van der Waals surface area contributed by atoms with Gasteiger partial charge in [-0.1, -0.05) is 82.6 Å². The lowest BCUT2D eigenvalue weighted by Gasteiger charge is -2.31. The van der Waals surface area contributed by atoms with E-state index in [0.717, 1.165) is 70.0 Å². The number of fused-ring (bicyclic) bond motifs is 1. The molecule has 1 atom stereocenters. The van der Waals surface area contributed by atoms with Crippen molar-refractivity contribution < 1.29 is 19.0 Å². The number of anilines is 1. The topological polar surface area (TPSA) is 94.3 Å². The molecule has 53 heavy (non-hydrogen) atoms. The summed E-state index contributed by atoms with van der Waals surface area (Å²) in [5, 5.41) is 4.95. The van der Waals surface area contributed by atoms with Crippen molar-refractivity contribution >= 4 is 33.7 Å². The fourth-order valence-corrected chi connectivity index (χ4v) is 7.49. The van der Waals surface area contributed by atoms with Crippen molar-refractivity contribution in [2.75, 3.05) is 38.6 Å². The van der Waals surface area contributed by atoms with Crippen molar-refractivity contribution in [2.45, 2.75) is 117 Å². The second-order valence-electron chi connectivity index (χ2n) is 17.5. The summed E-state index contributed by atoms with van der Waals surface area (Å²) in [6.45, 7) is 26.3. The molecule has 0 N–H and O–H groups in total. The fourth-order valence-electron chi connectivity index (χ4n) is 5.98. The van der Waals surface area contributed by atoms with Crippen LogP contribution in [-0.4, -0.2) is 92.1 Å². The highest BCUT2D eigenvalue weighted by Gasteiger charge is 2.27. The molecule has 4 aromatic rings. The van der Waals surface area contributed by atoms with E-state index in [1.165, 1.54) is 0 Å². The monoisotopic (exact) mass is 760 g/mol. The Balaban J connectivity index is 1.76. The van der Waals surface area contributed by atoms with Gasteiger partial charge in [-0.15, -0.1) is 0 Å². The fraction of sp³-hybridized carbons (Fsp3) is 0.561. The summed E-state index contributed by atoms with van der Waals surface area (Å²) < 4.78 is 20.4. The molecule has 1 aromatic carbocycles. The van der Waals surface area contributed by atoms with Crippen LogP contribution in [0.25, 0.3) is 28.0 Å². The summed E-state index contributed by atoms with van der Waals surface area (Å²) in [4.78, 5) is 27.1. The van der Waals surface area contributed by atoms with Crippen LogP contribution in [0.3, 0.4) is 0 Å². The van der Waals surface area contributed by atoms with Crippen LogP contribution < -0.4 is 4.90 Å². The van der Waals surface area contributed by atoms with Gasteiger partial charge in [0.25, 0.3) is 0 Å². The molecule has 290 valence electrons. The van der Waals surface area contributed by atoms with Crippen LogP contribution in [0.4, 0.5) is 10.6 Å². The second-order valence-corrected chi connectivity index (χ2v) is 28.8. The largest absolute Gasteiger partial charge is 0.444 e. The van der Waals surface area contributed by atoms with Gasteiger partial charge < -0.3 is 24.0 Å². The molecule has 0 spiro atoms. The summed E-state index contributed by atoms with van der Waals surface area (Å²) in [7, 11) is -0.733. The lowest BCUT2D eigenvalue weighted by atomic mass is 10.0. The molecule has 12 heteroatoms. The van der Waals surface area contributed by atoms with Gasteiger partial charge in [-0.3, -0.25) is 4.98 Å². The van der Waals surface area contributed by atoms with Crippen LogP contribution in [0.2, 0.25) is 51.4 Å². The van der Waals surface area contributed by atoms with Crippen molar-refractivity contribution in [3.63, 3.8) is 0 Å². The molecule has 0 saturated heterocycles. The van der Waals surface area contributed by atoms with Gasteiger partial charge in [0.2, 0.25) is 0 Å². The van der Waals surface area contributed by atoms with Crippen LogP contribution in [-0.2, 0) is 20.6 Å². The number of nitrogens with zero attached hydrogens (tertiary/aromatic N) is 6. The quantitative estimate of drug-likeness (QED) is 0.0562. The van der Waals surface area contributed by atoms with E-state index in [0.29, 0.717) is 33.1 Å². The average Bonchev–Trinajstić information content (AvgIpc) is 3.50. The number of carbonyl (C=O) groups excluding carboxylic acids is 1. The number of ether oxygens (including phenoxy) is 3. The minimum absolute atomic E-state index is 0.0178. The van der Waals surface area contributed by atoms with E-state index in [1.807, 2.05) is 69.0 Å². The van der Waals surface area contributed by atoms with Crippen LogP contribution in [0, 0.1) is 6.92 Å². The molecule has 1 amide bonds. The smallest absolute Gasteiger partial charge is 0.410 e. The standard InChI is InChI=1S/C41H64N6O4Si2/c1-13-34(45(6)40(48)51-41(3,4)5)20-22-36-31(2)39(46(29-49-23-25-52(7,8)9)30-50-24-26-53(10,11)12)47-38(44-36)35(28-43-47)33-19-21-37(42-27-33)32-17-15-14-16-18-32/h14-19,21,27-28,34H,13,20,22-26,29-30H2,1-12H3/t34-/m1/s1. The summed E-state index contributed by atoms with van der Waals surface area (Å²) in [6, 6.07) is 16.5. The third-order valence-electron chi connectivity index (χ3n) is 9.30. The van der Waals surface area contributed by atoms with Crippen molar-refractivity contribution in [3.8, 4) is 22.4 Å². The van der Waals surface area contributed by atoms with Gasteiger partial charge in [-0.05, 0) is 65.1 Å². The van der Waals surface area contributed by atoms with Crippen LogP contribution in [0.5, 0.6) is 0 Å². The number of hydrogen-bond donors (Lipinski definition) is 0. The molecule has 0 fully saturated rings. The molecule has 10 nitrogen and oxygen atoms in total. The van der Waals surface area contributed by atoms with Crippen molar-refractivity contribution in [3.05, 3.63) is 66.1 Å². The van der Waals surface area contributed by atoms with E-state index in [2.05, 4.69) is 76.2 Å². The Hall–Kier alpha value is -3.59. The Kier molecular flexibility index (Phi) is 14.4. The van der Waals surface area contributed by atoms with Crippen LogP contribution in [0.15, 0.2) is 54.9 Å². The molecular weight excluding hydrogens is 697 g/mol. The SMILES string of the molecule is CC[C@H](CCc1nc2c(-c3ccc(-c4ccccc4)nc3)cnn2c(N(COCC[Si](C)(C)C)COCC[Si](C)(C)C)c1C)N(C)C(=O)OC(C)(C)C. The number of amides is 1. The molecule has 0 aliphatic heterocycles. The van der Waals surface area contributed by atoms with Gasteiger partial charge in [0.1, 0.15) is 24.9 Å². The van der Waals surface area contributed by atoms with Gasteiger partial charge in [-0.2, -0.15) is 9.61 Å². The number of aryl methyl sites for hydroxylation is 1. The average molecular weight is 761 g/mol. The van der Waals surface area contributed by atoms with Gasteiger partial charge in [-0.25, -0.2) is 9.78 Å². The molecule has 0 aliphatic carbocycles. The number of rotatable bonds is 18. The number of benzene rings is 1. The number of hydrogen-bond acceptors (Lipinski definition) is 8. The number of pyridine rings is 1. The van der Waals surface area contributed by atoms with E-state index in [9.17, 15) is 4.79 Å². The molecule has 3 aromatic heterocycles. The van der Waals surface area contributed by atoms with Crippen molar-refractivity contribution in [2.24, 2.45) is 0 Å². The Labute approximate surface area is 320 Å². The van der Waals surface area contributed by atoms with Crippen LogP contribution >= 0.6 is 0 Å². The lowest BCUT2D eigenvalue weighted by molar-refractivity contribution is 0.0210. The summed E-state index contributed by atoms with van der Waals surface area (Å²) in [5.74, 6) is 0.902. The highest BCUT2D eigenvalue weighted by molar-refractivity contribution is 6.76. The number of aromatic nitrogens is 4. The van der Waals surface area contributed by atoms with E-state index >= 15 is 0 Å². The van der Waals surface area contributed by atoms with E-state index in [4.69, 9.17) is 29.3 Å². The van der Waals surface area contributed by atoms with E-state index in [-0.39, 0.29) is 12.1 Å². The summed E-state index contributed by atoms with van der Waals surface area (Å²) >= 11 is 0. The van der Waals surface area contributed by atoms with Crippen molar-refractivity contribution in [1.29, 1.82) is 0 Å². The first kappa shape index (κ1) is 42.2. The Morgan fingerprint density at radius 1 is 0.887 bits per heavy atom. The zero-order valence-corrected chi connectivity index (χ0v) is 36.5. The molecule has 4 rings (SSSR count). The molecular formula is C41H64N6O4Si2. The Bertz CT molecular complexity index is 1740. The normalized spacial score (nSPS) is 13.0. The van der Waals surface area contributed by atoms with E-state index in [1.54, 1.807) is 4.90 Å². The lowest BCUT2D eigenvalue weighted by Crippen LogP contribution is -2.40. The first-order valence-corrected chi connectivity index (χ1v) is 26.5. The number of carbonyl (C=O) groups is 1. The van der Waals surface area contributed by atoms with Gasteiger partial charge in [0.15, 0.2) is 5.65 Å². The Morgan fingerprint density at radius 3 is 2.04 bits per heavy atom. The summed E-state index contributed by atoms with van der Waals surface area (Å²) in [6.07, 6.45) is 5.66. The van der Waals surface area contributed by atoms with E-state index < -0.39 is 21.7 Å². The highest BCUT2D eigenvalue weighted by Crippen LogP contribution is 2.32. The molecule has 0 saturated carbocycles. The molecule has 3 heterocycles. The minimum Gasteiger partial charge on any atom is -0.444 e. The minimum atomic E-state index is -1.28. The molecule has 0 aliphatic rings. The first-order valence-electron chi connectivity index (χ1n) is 19.1. The highest BCUT2D eigenvalue weighted by atomic mass is 28.3. The molecule has 0 radical (unpaired) electrons. The summed E-state index contributed by atoms with van der Waals surface area (Å²) in [5.41, 5.74) is 5.97. The third-order valence-corrected chi connectivity index (χ3v) is 12.7. The first-order chi connectivity index (χ1) is 24.9. The third kappa shape index (κ3) is 12.5.